The van der Waals surface area contributed by atoms with Crippen molar-refractivity contribution in [3.05, 3.63) is 12.7 Å². The molecule has 1 saturated heterocycles. The van der Waals surface area contributed by atoms with Crippen LogP contribution in [0, 0.1) is 5.92 Å². The van der Waals surface area contributed by atoms with Gasteiger partial charge in [0.05, 0.1) is 5.92 Å². The molecule has 10 heavy (non-hydrogen) atoms. The Morgan fingerprint density at radius 3 is 2.90 bits per heavy atom. The summed E-state index contributed by atoms with van der Waals surface area (Å²) in [4.78, 5) is 10.9. The minimum Gasteiger partial charge on any atom is -0.462 e. The van der Waals surface area contributed by atoms with Crippen LogP contribution in [0.2, 0.25) is 0 Å². The van der Waals surface area contributed by atoms with Crippen molar-refractivity contribution in [1.82, 2.24) is 0 Å². The highest BCUT2D eigenvalue weighted by atomic mass is 16.5. The van der Waals surface area contributed by atoms with E-state index < -0.39 is 0 Å². The largest absolute Gasteiger partial charge is 0.462 e. The molecule has 1 fully saturated rings. The van der Waals surface area contributed by atoms with Crippen LogP contribution in [0.5, 0.6) is 0 Å². The number of carbonyl (C=O) groups excluding carboxylic acids is 1. The Kier molecular flexibility index (Phi) is 2.10. The summed E-state index contributed by atoms with van der Waals surface area (Å²) in [5, 5.41) is 0. The summed E-state index contributed by atoms with van der Waals surface area (Å²) in [7, 11) is 0. The van der Waals surface area contributed by atoms with E-state index in [-0.39, 0.29) is 18.0 Å². The molecule has 1 heterocycles. The van der Waals surface area contributed by atoms with E-state index in [1.54, 1.807) is 6.08 Å². The van der Waals surface area contributed by atoms with Crippen molar-refractivity contribution in [3.63, 3.8) is 0 Å². The fraction of sp³-hybridized carbons (Fsp3) is 0.625. The van der Waals surface area contributed by atoms with Crippen molar-refractivity contribution in [1.29, 1.82) is 0 Å². The Hall–Kier alpha value is -0.790. The third kappa shape index (κ3) is 1.20. The first-order valence-electron chi connectivity index (χ1n) is 3.61. The van der Waals surface area contributed by atoms with Crippen LogP contribution in [0.1, 0.15) is 19.8 Å². The van der Waals surface area contributed by atoms with Gasteiger partial charge in [-0.3, -0.25) is 4.79 Å². The molecule has 0 aromatic rings. The van der Waals surface area contributed by atoms with Gasteiger partial charge in [-0.05, 0) is 6.42 Å². The summed E-state index contributed by atoms with van der Waals surface area (Å²) >= 11 is 0. The van der Waals surface area contributed by atoms with Gasteiger partial charge in [0.25, 0.3) is 0 Å². The van der Waals surface area contributed by atoms with E-state index in [9.17, 15) is 4.79 Å². The average Bonchev–Trinajstić information content (AvgIpc) is 2.30. The van der Waals surface area contributed by atoms with Crippen LogP contribution in [0.25, 0.3) is 0 Å². The Morgan fingerprint density at radius 1 is 1.90 bits per heavy atom. The van der Waals surface area contributed by atoms with Crippen LogP contribution in [0.4, 0.5) is 0 Å². The molecule has 0 amide bonds. The van der Waals surface area contributed by atoms with Crippen molar-refractivity contribution in [2.24, 2.45) is 5.92 Å². The predicted molar refractivity (Wildman–Crippen MR) is 38.5 cm³/mol. The molecule has 56 valence electrons. The second-order valence-electron chi connectivity index (χ2n) is 2.55. The number of rotatable bonds is 2. The molecule has 0 bridgehead atoms. The molecule has 0 aliphatic carbocycles. The Bertz CT molecular complexity index is 151. The zero-order valence-corrected chi connectivity index (χ0v) is 6.17. The van der Waals surface area contributed by atoms with Crippen molar-refractivity contribution in [3.8, 4) is 0 Å². The van der Waals surface area contributed by atoms with Gasteiger partial charge in [-0.2, -0.15) is 0 Å². The van der Waals surface area contributed by atoms with E-state index in [1.807, 2.05) is 6.92 Å². The third-order valence-corrected chi connectivity index (χ3v) is 1.84. The number of hydrogen-bond acceptors (Lipinski definition) is 2. The molecule has 0 N–H and O–H groups in total. The smallest absolute Gasteiger partial charge is 0.313 e. The van der Waals surface area contributed by atoms with E-state index in [4.69, 9.17) is 4.74 Å². The van der Waals surface area contributed by atoms with Crippen LogP contribution < -0.4 is 0 Å². The van der Waals surface area contributed by atoms with Crippen molar-refractivity contribution in [2.45, 2.75) is 25.9 Å². The summed E-state index contributed by atoms with van der Waals surface area (Å²) in [6, 6.07) is 0. The standard InChI is InChI=1S/C8H12O2/c1-3-6-5-7(4-2)10-8(6)9/h3,6-7H,1,4-5H2,2H3. The fourth-order valence-electron chi connectivity index (χ4n) is 1.12. The molecule has 0 radical (unpaired) electrons. The van der Waals surface area contributed by atoms with E-state index in [2.05, 4.69) is 6.58 Å². The van der Waals surface area contributed by atoms with Gasteiger partial charge >= 0.3 is 5.97 Å². The molecule has 1 aliphatic heterocycles. The second-order valence-corrected chi connectivity index (χ2v) is 2.55. The van der Waals surface area contributed by atoms with Gasteiger partial charge in [-0.25, -0.2) is 0 Å². The van der Waals surface area contributed by atoms with Crippen molar-refractivity contribution in [2.75, 3.05) is 0 Å². The van der Waals surface area contributed by atoms with Crippen LogP contribution >= 0.6 is 0 Å². The van der Waals surface area contributed by atoms with Gasteiger partial charge in [-0.1, -0.05) is 13.0 Å². The lowest BCUT2D eigenvalue weighted by Gasteiger charge is -2.01. The second kappa shape index (κ2) is 2.86. The molecule has 0 aromatic carbocycles. The molecule has 1 rings (SSSR count). The van der Waals surface area contributed by atoms with Gasteiger partial charge in [0.1, 0.15) is 6.10 Å². The monoisotopic (exact) mass is 140 g/mol. The highest BCUT2D eigenvalue weighted by Crippen LogP contribution is 2.23. The minimum atomic E-state index is -0.109. The normalized spacial score (nSPS) is 31.9. The molecular formula is C8H12O2. The quantitative estimate of drug-likeness (QED) is 0.429. The summed E-state index contributed by atoms with van der Waals surface area (Å²) < 4.78 is 5.00. The van der Waals surface area contributed by atoms with Crippen LogP contribution in [-0.4, -0.2) is 12.1 Å². The number of cyclic esters (lactones) is 1. The van der Waals surface area contributed by atoms with E-state index in [1.165, 1.54) is 0 Å². The van der Waals surface area contributed by atoms with E-state index in [0.29, 0.717) is 0 Å². The van der Waals surface area contributed by atoms with Crippen LogP contribution in [0.3, 0.4) is 0 Å². The summed E-state index contributed by atoms with van der Waals surface area (Å²) in [5.74, 6) is -0.160. The zero-order chi connectivity index (χ0) is 7.56. The predicted octanol–water partition coefficient (Wildman–Crippen LogP) is 1.51. The zero-order valence-electron chi connectivity index (χ0n) is 6.17. The molecule has 0 aromatic heterocycles. The molecule has 2 atom stereocenters. The third-order valence-electron chi connectivity index (χ3n) is 1.84. The van der Waals surface area contributed by atoms with E-state index in [0.717, 1.165) is 12.8 Å². The first-order chi connectivity index (χ1) is 4.77. The average molecular weight is 140 g/mol. The lowest BCUT2D eigenvalue weighted by Crippen LogP contribution is -2.04. The van der Waals surface area contributed by atoms with Gasteiger partial charge in [0.2, 0.25) is 0 Å². The molecule has 0 saturated carbocycles. The Morgan fingerprint density at radius 2 is 2.60 bits per heavy atom. The van der Waals surface area contributed by atoms with Crippen LogP contribution in [-0.2, 0) is 9.53 Å². The molecule has 1 aliphatic rings. The molecular weight excluding hydrogens is 128 g/mol. The SMILES string of the molecule is C=CC1CC(CC)OC1=O. The fourth-order valence-corrected chi connectivity index (χ4v) is 1.12. The highest BCUT2D eigenvalue weighted by Gasteiger charge is 2.30. The maximum atomic E-state index is 10.9. The van der Waals surface area contributed by atoms with Crippen molar-refractivity contribution >= 4 is 5.97 Å². The molecule has 2 unspecified atom stereocenters. The lowest BCUT2D eigenvalue weighted by molar-refractivity contribution is -0.143. The Balaban J connectivity index is 2.52. The van der Waals surface area contributed by atoms with Gasteiger partial charge < -0.3 is 4.74 Å². The van der Waals surface area contributed by atoms with Gasteiger partial charge in [-0.15, -0.1) is 6.58 Å². The maximum Gasteiger partial charge on any atom is 0.313 e. The summed E-state index contributed by atoms with van der Waals surface area (Å²) in [6.07, 6.45) is 3.53. The highest BCUT2D eigenvalue weighted by molar-refractivity contribution is 5.76. The maximum absolute atomic E-state index is 10.9. The molecule has 0 spiro atoms. The first-order valence-corrected chi connectivity index (χ1v) is 3.61. The lowest BCUT2D eigenvalue weighted by atomic mass is 10.0. The minimum absolute atomic E-state index is 0.0510. The number of esters is 1. The van der Waals surface area contributed by atoms with Gasteiger partial charge in [0.15, 0.2) is 0 Å². The first kappa shape index (κ1) is 7.32. The summed E-state index contributed by atoms with van der Waals surface area (Å²) in [6.45, 7) is 5.58. The van der Waals surface area contributed by atoms with E-state index >= 15 is 0 Å². The number of ether oxygens (including phenoxy) is 1. The molecule has 2 heteroatoms. The number of carbonyl (C=O) groups is 1. The molecule has 2 nitrogen and oxygen atoms in total. The summed E-state index contributed by atoms with van der Waals surface area (Å²) in [5.41, 5.74) is 0. The van der Waals surface area contributed by atoms with Crippen molar-refractivity contribution < 1.29 is 9.53 Å². The Labute approximate surface area is 60.9 Å². The topological polar surface area (TPSA) is 26.3 Å². The van der Waals surface area contributed by atoms with Crippen LogP contribution in [0.15, 0.2) is 12.7 Å². The van der Waals surface area contributed by atoms with Gasteiger partial charge in [0, 0.05) is 6.42 Å². The number of hydrogen-bond donors (Lipinski definition) is 0.